The second kappa shape index (κ2) is 6.89. The number of carbonyl (C=O) groups is 1. The number of carbonyl (C=O) groups excluding carboxylic acids is 1. The Hall–Kier alpha value is -1.88. The Morgan fingerprint density at radius 1 is 1.21 bits per heavy atom. The van der Waals surface area contributed by atoms with E-state index in [0.717, 1.165) is 10.9 Å². The zero-order valence-corrected chi connectivity index (χ0v) is 11.4. The lowest BCUT2D eigenvalue weighted by molar-refractivity contribution is 0.101. The molecule has 5 heteroatoms. The van der Waals surface area contributed by atoms with Crippen molar-refractivity contribution in [2.24, 2.45) is 0 Å². The minimum Gasteiger partial charge on any atom is -0.492 e. The van der Waals surface area contributed by atoms with E-state index in [-0.39, 0.29) is 5.78 Å². The SMILES string of the molecule is CC(=O)c1ccccc1OCCSc1ncccn1. The number of Topliss-reactive ketones (excluding diaryl/α,β-unsaturated/α-hetero) is 1. The molecule has 98 valence electrons. The van der Waals surface area contributed by atoms with Crippen LogP contribution >= 0.6 is 11.8 Å². The van der Waals surface area contributed by atoms with Gasteiger partial charge in [-0.15, -0.1) is 0 Å². The van der Waals surface area contributed by atoms with Crippen LogP contribution < -0.4 is 4.74 Å². The number of hydrogen-bond acceptors (Lipinski definition) is 5. The van der Waals surface area contributed by atoms with E-state index in [9.17, 15) is 4.79 Å². The number of ether oxygens (including phenoxy) is 1. The molecule has 0 aliphatic carbocycles. The summed E-state index contributed by atoms with van der Waals surface area (Å²) in [4.78, 5) is 19.6. The van der Waals surface area contributed by atoms with Crippen LogP contribution in [0.3, 0.4) is 0 Å². The smallest absolute Gasteiger partial charge is 0.187 e. The van der Waals surface area contributed by atoms with E-state index >= 15 is 0 Å². The molecular formula is C14H14N2O2S. The first-order valence-corrected chi connectivity index (χ1v) is 6.88. The number of aromatic nitrogens is 2. The van der Waals surface area contributed by atoms with Gasteiger partial charge >= 0.3 is 0 Å². The van der Waals surface area contributed by atoms with Gasteiger partial charge in [-0.3, -0.25) is 4.79 Å². The third-order valence-electron chi connectivity index (χ3n) is 2.38. The predicted molar refractivity (Wildman–Crippen MR) is 74.7 cm³/mol. The minimum atomic E-state index is 0.00893. The molecule has 0 unspecified atom stereocenters. The lowest BCUT2D eigenvalue weighted by Crippen LogP contribution is -2.04. The van der Waals surface area contributed by atoms with Crippen LogP contribution in [0.1, 0.15) is 17.3 Å². The van der Waals surface area contributed by atoms with Crippen LogP contribution in [0.2, 0.25) is 0 Å². The van der Waals surface area contributed by atoms with Gasteiger partial charge in [-0.2, -0.15) is 0 Å². The number of benzene rings is 1. The zero-order valence-electron chi connectivity index (χ0n) is 10.6. The average Bonchev–Trinajstić information content (AvgIpc) is 2.45. The molecular weight excluding hydrogens is 260 g/mol. The van der Waals surface area contributed by atoms with Gasteiger partial charge in [0.05, 0.1) is 12.2 Å². The highest BCUT2D eigenvalue weighted by atomic mass is 32.2. The first-order valence-electron chi connectivity index (χ1n) is 5.90. The summed E-state index contributed by atoms with van der Waals surface area (Å²) in [6, 6.07) is 9.04. The maximum atomic E-state index is 11.4. The van der Waals surface area contributed by atoms with E-state index in [1.165, 1.54) is 18.7 Å². The van der Waals surface area contributed by atoms with Crippen molar-refractivity contribution in [2.45, 2.75) is 12.1 Å². The van der Waals surface area contributed by atoms with E-state index in [4.69, 9.17) is 4.74 Å². The van der Waals surface area contributed by atoms with Gasteiger partial charge in [0.2, 0.25) is 0 Å². The summed E-state index contributed by atoms with van der Waals surface area (Å²) in [5.74, 6) is 1.37. The fourth-order valence-electron chi connectivity index (χ4n) is 1.53. The van der Waals surface area contributed by atoms with Crippen molar-refractivity contribution in [3.05, 3.63) is 48.3 Å². The van der Waals surface area contributed by atoms with Crippen LogP contribution in [0.25, 0.3) is 0 Å². The number of hydrogen-bond donors (Lipinski definition) is 0. The summed E-state index contributed by atoms with van der Waals surface area (Å²) >= 11 is 1.52. The zero-order chi connectivity index (χ0) is 13.5. The molecule has 0 N–H and O–H groups in total. The van der Waals surface area contributed by atoms with Gasteiger partial charge in [-0.05, 0) is 25.1 Å². The Morgan fingerprint density at radius 3 is 2.68 bits per heavy atom. The van der Waals surface area contributed by atoms with E-state index in [0.29, 0.717) is 17.9 Å². The molecule has 0 bridgehead atoms. The summed E-state index contributed by atoms with van der Waals surface area (Å²) in [6.07, 6.45) is 3.42. The van der Waals surface area contributed by atoms with Gasteiger partial charge in [0.1, 0.15) is 5.75 Å². The van der Waals surface area contributed by atoms with Crippen molar-refractivity contribution < 1.29 is 9.53 Å². The van der Waals surface area contributed by atoms with E-state index < -0.39 is 0 Å². The van der Waals surface area contributed by atoms with Gasteiger partial charge in [0.25, 0.3) is 0 Å². The Balaban J connectivity index is 1.85. The molecule has 19 heavy (non-hydrogen) atoms. The number of ketones is 1. The Kier molecular flexibility index (Phi) is 4.92. The van der Waals surface area contributed by atoms with Crippen LogP contribution in [0, 0.1) is 0 Å². The van der Waals surface area contributed by atoms with Crippen molar-refractivity contribution in [3.8, 4) is 5.75 Å². The Bertz CT molecular complexity index is 546. The standard InChI is InChI=1S/C14H14N2O2S/c1-11(17)12-5-2-3-6-13(12)18-9-10-19-14-15-7-4-8-16-14/h2-8H,9-10H2,1H3. The van der Waals surface area contributed by atoms with Crippen LogP contribution in [0.15, 0.2) is 47.9 Å². The second-order valence-electron chi connectivity index (χ2n) is 3.78. The third kappa shape index (κ3) is 4.06. The highest BCUT2D eigenvalue weighted by molar-refractivity contribution is 7.99. The summed E-state index contributed by atoms with van der Waals surface area (Å²) in [6.45, 7) is 2.04. The molecule has 1 aromatic heterocycles. The van der Waals surface area contributed by atoms with Crippen molar-refractivity contribution in [1.29, 1.82) is 0 Å². The molecule has 0 radical (unpaired) electrons. The molecule has 0 amide bonds. The molecule has 0 spiro atoms. The van der Waals surface area contributed by atoms with Gasteiger partial charge in [-0.1, -0.05) is 23.9 Å². The van der Waals surface area contributed by atoms with Gasteiger partial charge < -0.3 is 4.74 Å². The predicted octanol–water partition coefficient (Wildman–Crippen LogP) is 2.85. The fourth-order valence-corrected chi connectivity index (χ4v) is 2.15. The first-order chi connectivity index (χ1) is 9.27. The maximum absolute atomic E-state index is 11.4. The van der Waals surface area contributed by atoms with Crippen LogP contribution in [0.4, 0.5) is 0 Å². The van der Waals surface area contributed by atoms with Gasteiger partial charge in [0, 0.05) is 18.1 Å². The van der Waals surface area contributed by atoms with Crippen molar-refractivity contribution in [2.75, 3.05) is 12.4 Å². The van der Waals surface area contributed by atoms with E-state index in [2.05, 4.69) is 9.97 Å². The monoisotopic (exact) mass is 274 g/mol. The normalized spacial score (nSPS) is 10.2. The van der Waals surface area contributed by atoms with Crippen molar-refractivity contribution in [3.63, 3.8) is 0 Å². The fraction of sp³-hybridized carbons (Fsp3) is 0.214. The number of nitrogens with zero attached hydrogens (tertiary/aromatic N) is 2. The lowest BCUT2D eigenvalue weighted by Gasteiger charge is -2.08. The summed E-state index contributed by atoms with van der Waals surface area (Å²) < 4.78 is 5.62. The molecule has 0 saturated heterocycles. The molecule has 2 rings (SSSR count). The summed E-state index contributed by atoms with van der Waals surface area (Å²) in [7, 11) is 0. The molecule has 2 aromatic rings. The molecule has 4 nitrogen and oxygen atoms in total. The Labute approximate surface area is 116 Å². The number of rotatable bonds is 6. The van der Waals surface area contributed by atoms with Crippen LogP contribution in [0.5, 0.6) is 5.75 Å². The largest absolute Gasteiger partial charge is 0.492 e. The molecule has 0 fully saturated rings. The van der Waals surface area contributed by atoms with Gasteiger partial charge in [0.15, 0.2) is 10.9 Å². The topological polar surface area (TPSA) is 52.1 Å². The van der Waals surface area contributed by atoms with E-state index in [1.54, 1.807) is 30.6 Å². The quantitative estimate of drug-likeness (QED) is 0.351. The lowest BCUT2D eigenvalue weighted by atomic mass is 10.1. The van der Waals surface area contributed by atoms with Crippen molar-refractivity contribution in [1.82, 2.24) is 9.97 Å². The van der Waals surface area contributed by atoms with E-state index in [1.807, 2.05) is 12.1 Å². The third-order valence-corrected chi connectivity index (χ3v) is 3.22. The van der Waals surface area contributed by atoms with Gasteiger partial charge in [-0.25, -0.2) is 9.97 Å². The molecule has 0 aliphatic heterocycles. The van der Waals surface area contributed by atoms with Crippen LogP contribution in [-0.4, -0.2) is 28.1 Å². The molecule has 1 heterocycles. The van der Waals surface area contributed by atoms with Crippen LogP contribution in [-0.2, 0) is 0 Å². The number of para-hydroxylation sites is 1. The minimum absolute atomic E-state index is 0.00893. The first kappa shape index (κ1) is 13.5. The maximum Gasteiger partial charge on any atom is 0.187 e. The average molecular weight is 274 g/mol. The molecule has 0 atom stereocenters. The van der Waals surface area contributed by atoms with Crippen molar-refractivity contribution >= 4 is 17.5 Å². The molecule has 1 aromatic carbocycles. The second-order valence-corrected chi connectivity index (χ2v) is 4.84. The highest BCUT2D eigenvalue weighted by Crippen LogP contribution is 2.19. The summed E-state index contributed by atoms with van der Waals surface area (Å²) in [5, 5.41) is 0.728. The molecule has 0 aliphatic rings. The Morgan fingerprint density at radius 2 is 1.95 bits per heavy atom. The molecule has 0 saturated carbocycles. The summed E-state index contributed by atoms with van der Waals surface area (Å²) in [5.41, 5.74) is 0.614. The highest BCUT2D eigenvalue weighted by Gasteiger charge is 2.07. The number of thioether (sulfide) groups is 1.